The molecule has 0 atom stereocenters. The lowest BCUT2D eigenvalue weighted by Gasteiger charge is -2.16. The minimum Gasteiger partial charge on any atom is -0.264 e. The van der Waals surface area contributed by atoms with Crippen LogP contribution in [0.1, 0.15) is 0 Å². The highest BCUT2D eigenvalue weighted by molar-refractivity contribution is 6.15. The van der Waals surface area contributed by atoms with Crippen molar-refractivity contribution >= 4 is 65.2 Å². The minimum absolute atomic E-state index is 0.786. The number of rotatable bonds is 8. The summed E-state index contributed by atoms with van der Waals surface area (Å²) in [6.45, 7) is 0. The van der Waals surface area contributed by atoms with Crippen LogP contribution in [0.5, 0.6) is 0 Å². The molecular weight excluding hydrogens is 953 g/mol. The second kappa shape index (κ2) is 18.6. The number of aromatic nitrogens is 8. The van der Waals surface area contributed by atoms with E-state index in [4.69, 9.17) is 19.9 Å². The third-order valence-corrected chi connectivity index (χ3v) is 15.0. The highest BCUT2D eigenvalue weighted by Gasteiger charge is 2.21. The Morgan fingerprint density at radius 3 is 0.808 bits per heavy atom. The molecule has 8 aromatic heterocycles. The average molecular weight is 995 g/mol. The van der Waals surface area contributed by atoms with Crippen molar-refractivity contribution < 1.29 is 0 Å². The molecule has 0 N–H and O–H groups in total. The maximum Gasteiger partial charge on any atom is 0.0978 e. The summed E-state index contributed by atoms with van der Waals surface area (Å²) in [6.07, 6.45) is 14.9. The zero-order valence-electron chi connectivity index (χ0n) is 41.8. The van der Waals surface area contributed by atoms with Crippen molar-refractivity contribution in [1.82, 2.24) is 39.9 Å². The Morgan fingerprint density at radius 2 is 0.500 bits per heavy atom. The van der Waals surface area contributed by atoms with Crippen molar-refractivity contribution in [2.24, 2.45) is 0 Å². The van der Waals surface area contributed by atoms with E-state index >= 15 is 0 Å². The van der Waals surface area contributed by atoms with Crippen LogP contribution in [0.15, 0.2) is 256 Å². The van der Waals surface area contributed by atoms with Crippen molar-refractivity contribution in [3.63, 3.8) is 0 Å². The van der Waals surface area contributed by atoms with E-state index in [-0.39, 0.29) is 0 Å². The SMILES string of the molecule is c1cc(-c2cc(-c3cccnc3)c3ccc4c(-c5cccnc5)cc(-c5ccc6ccccc6c5)nc4c3n2)cc(-c2cc(-c3cccnc3)c3ccc4c(-c5cccnc5)cc(-c5ccc6ccccc6c5)nc4c3n2)c1. The molecule has 0 saturated heterocycles. The molecule has 0 fully saturated rings. The summed E-state index contributed by atoms with van der Waals surface area (Å²) in [6, 6.07) is 72.3. The number of fused-ring (bicyclic) bond motifs is 8. The molecule has 0 radical (unpaired) electrons. The third-order valence-electron chi connectivity index (χ3n) is 15.0. The van der Waals surface area contributed by atoms with Crippen molar-refractivity contribution in [2.45, 2.75) is 0 Å². The Bertz CT molecular complexity index is 4540. The maximum atomic E-state index is 5.62. The molecule has 0 aliphatic heterocycles. The van der Waals surface area contributed by atoms with Crippen LogP contribution in [0.2, 0.25) is 0 Å². The largest absolute Gasteiger partial charge is 0.264 e. The highest BCUT2D eigenvalue weighted by atomic mass is 14.8. The predicted molar refractivity (Wildman–Crippen MR) is 317 cm³/mol. The van der Waals surface area contributed by atoms with Crippen LogP contribution < -0.4 is 0 Å². The first kappa shape index (κ1) is 44.8. The molecule has 0 unspecified atom stereocenters. The molecule has 8 heteroatoms. The Labute approximate surface area is 448 Å². The van der Waals surface area contributed by atoms with Gasteiger partial charge in [0.1, 0.15) is 0 Å². The van der Waals surface area contributed by atoms with E-state index in [9.17, 15) is 0 Å². The van der Waals surface area contributed by atoms with Gasteiger partial charge in [-0.1, -0.05) is 140 Å². The first-order valence-corrected chi connectivity index (χ1v) is 25.9. The lowest BCUT2D eigenvalue weighted by atomic mass is 9.93. The second-order valence-corrected chi connectivity index (χ2v) is 19.6. The fraction of sp³-hybridized carbons (Fsp3) is 0. The standard InChI is InChI=1S/C70H42N8/c1-3-12-45-32-49(22-20-43(45)10-1)65-37-61(53-18-8-30-73-41-53)57-26-24-55-59(51-16-6-28-71-39-51)35-63(75-67(55)69(57)77-65)47-14-5-15-48(34-47)64-36-60(52-17-7-29-72-40-52)56-25-27-58-62(54-19-9-31-74-42-54)38-66(78-70(58)68(56)76-64)50-23-21-44-11-2-4-13-46(44)33-50/h1-42H. The van der Waals surface area contributed by atoms with Gasteiger partial charge in [-0.2, -0.15) is 0 Å². The van der Waals surface area contributed by atoms with Gasteiger partial charge in [-0.25, -0.2) is 19.9 Å². The Hall–Kier alpha value is -10.7. The van der Waals surface area contributed by atoms with Gasteiger partial charge in [-0.3, -0.25) is 19.9 Å². The molecule has 8 nitrogen and oxygen atoms in total. The van der Waals surface area contributed by atoms with Gasteiger partial charge in [0.05, 0.1) is 44.8 Å². The molecule has 15 rings (SSSR count). The molecule has 0 saturated carbocycles. The quantitative estimate of drug-likeness (QED) is 0.139. The zero-order valence-corrected chi connectivity index (χ0v) is 41.8. The maximum absolute atomic E-state index is 5.62. The van der Waals surface area contributed by atoms with Gasteiger partial charge >= 0.3 is 0 Å². The number of benzene rings is 7. The number of pyridine rings is 8. The van der Waals surface area contributed by atoms with E-state index < -0.39 is 0 Å². The van der Waals surface area contributed by atoms with Gasteiger partial charge in [-0.05, 0) is 111 Å². The van der Waals surface area contributed by atoms with Crippen LogP contribution in [0.3, 0.4) is 0 Å². The van der Waals surface area contributed by atoms with Gasteiger partial charge in [0, 0.05) is 116 Å². The van der Waals surface area contributed by atoms with Crippen LogP contribution in [-0.4, -0.2) is 39.9 Å². The fourth-order valence-corrected chi connectivity index (χ4v) is 11.1. The van der Waals surface area contributed by atoms with E-state index in [2.05, 4.69) is 202 Å². The van der Waals surface area contributed by atoms with E-state index in [0.29, 0.717) is 0 Å². The molecule has 7 aromatic carbocycles. The van der Waals surface area contributed by atoms with Gasteiger partial charge in [0.15, 0.2) is 0 Å². The summed E-state index contributed by atoms with van der Waals surface area (Å²) in [5, 5.41) is 8.55. The van der Waals surface area contributed by atoms with Crippen molar-refractivity contribution in [2.75, 3.05) is 0 Å². The molecule has 0 amide bonds. The fourth-order valence-electron chi connectivity index (χ4n) is 11.1. The van der Waals surface area contributed by atoms with Crippen LogP contribution in [0, 0.1) is 0 Å². The lowest BCUT2D eigenvalue weighted by molar-refractivity contribution is 1.32. The molecule has 8 heterocycles. The first-order chi connectivity index (χ1) is 38.6. The minimum atomic E-state index is 0.786. The van der Waals surface area contributed by atoms with E-state index in [1.165, 1.54) is 10.8 Å². The molecule has 0 aliphatic carbocycles. The van der Waals surface area contributed by atoms with Crippen LogP contribution in [0.25, 0.3) is 155 Å². The summed E-state index contributed by atoms with van der Waals surface area (Å²) in [4.78, 5) is 40.6. The molecular formula is C70H42N8. The summed E-state index contributed by atoms with van der Waals surface area (Å²) >= 11 is 0. The summed E-state index contributed by atoms with van der Waals surface area (Å²) in [7, 11) is 0. The first-order valence-electron chi connectivity index (χ1n) is 25.9. The van der Waals surface area contributed by atoms with Gasteiger partial charge in [0.25, 0.3) is 0 Å². The van der Waals surface area contributed by atoms with E-state index in [1.807, 2.05) is 73.8 Å². The van der Waals surface area contributed by atoms with E-state index in [1.54, 1.807) is 0 Å². The zero-order chi connectivity index (χ0) is 51.5. The van der Waals surface area contributed by atoms with Gasteiger partial charge < -0.3 is 0 Å². The Balaban J connectivity index is 0.960. The molecule has 0 spiro atoms. The van der Waals surface area contributed by atoms with Crippen molar-refractivity contribution in [1.29, 1.82) is 0 Å². The molecule has 0 aliphatic rings. The summed E-state index contributed by atoms with van der Waals surface area (Å²) in [5.74, 6) is 0. The third kappa shape index (κ3) is 7.86. The normalized spacial score (nSPS) is 11.6. The van der Waals surface area contributed by atoms with E-state index in [0.717, 1.165) is 144 Å². The molecule has 0 bridgehead atoms. The van der Waals surface area contributed by atoms with Crippen molar-refractivity contribution in [3.8, 4) is 89.5 Å². The molecule has 78 heavy (non-hydrogen) atoms. The van der Waals surface area contributed by atoms with Gasteiger partial charge in [-0.15, -0.1) is 0 Å². The smallest absolute Gasteiger partial charge is 0.0978 e. The summed E-state index contributed by atoms with van der Waals surface area (Å²) in [5.41, 5.74) is 18.3. The van der Waals surface area contributed by atoms with Crippen LogP contribution in [0.4, 0.5) is 0 Å². The number of hydrogen-bond acceptors (Lipinski definition) is 8. The average Bonchev–Trinajstić information content (AvgIpc) is 3.59. The number of nitrogens with zero attached hydrogens (tertiary/aromatic N) is 8. The predicted octanol–water partition coefficient (Wildman–Crippen LogP) is 17.1. The number of hydrogen-bond donors (Lipinski definition) is 0. The highest BCUT2D eigenvalue weighted by Crippen LogP contribution is 2.43. The van der Waals surface area contributed by atoms with Crippen LogP contribution in [-0.2, 0) is 0 Å². The van der Waals surface area contributed by atoms with Crippen molar-refractivity contribution in [3.05, 3.63) is 256 Å². The Kier molecular flexibility index (Phi) is 10.7. The molecule has 15 aromatic rings. The lowest BCUT2D eigenvalue weighted by Crippen LogP contribution is -1.97. The monoisotopic (exact) mass is 994 g/mol. The molecule has 362 valence electrons. The van der Waals surface area contributed by atoms with Crippen LogP contribution >= 0.6 is 0 Å². The Morgan fingerprint density at radius 1 is 0.205 bits per heavy atom. The summed E-state index contributed by atoms with van der Waals surface area (Å²) < 4.78 is 0. The second-order valence-electron chi connectivity index (χ2n) is 19.6. The van der Waals surface area contributed by atoms with Gasteiger partial charge in [0.2, 0.25) is 0 Å². The topological polar surface area (TPSA) is 103 Å².